The van der Waals surface area contributed by atoms with E-state index in [4.69, 9.17) is 4.74 Å². The first-order valence-electron chi connectivity index (χ1n) is 7.87. The molecule has 1 rings (SSSR count). The Balaban J connectivity index is 3.01. The predicted octanol–water partition coefficient (Wildman–Crippen LogP) is 2.56. The van der Waals surface area contributed by atoms with Gasteiger partial charge in [-0.25, -0.2) is 17.5 Å². The highest BCUT2D eigenvalue weighted by Crippen LogP contribution is 2.29. The molecule has 0 radical (unpaired) electrons. The molecule has 136 valence electrons. The number of ether oxygens (including phenoxy) is 1. The second-order valence-electron chi connectivity index (χ2n) is 6.13. The zero-order valence-corrected chi connectivity index (χ0v) is 15.2. The normalized spacial score (nSPS) is 14.4. The molecule has 0 spiro atoms. The Morgan fingerprint density at radius 3 is 2.67 bits per heavy atom. The Bertz CT molecular complexity index is 661. The maximum absolute atomic E-state index is 13.9. The first-order chi connectivity index (χ1) is 11.1. The van der Waals surface area contributed by atoms with Gasteiger partial charge in [-0.1, -0.05) is 32.9 Å². The summed E-state index contributed by atoms with van der Waals surface area (Å²) in [5, 5.41) is 10.8. The standard InChI is InChI=1S/C17H26FNO4S/c1-5-9-24(21,22)19-12-17(20,6-2)14-7-8-15(18)16(10-14)23-11-13(3)4/h5,7-8,10,13,19-20H,1,6,9,11-12H2,2-4H3. The zero-order valence-electron chi connectivity index (χ0n) is 14.4. The molecule has 7 heteroatoms. The molecule has 0 aliphatic rings. The topological polar surface area (TPSA) is 75.6 Å². The average Bonchev–Trinajstić information content (AvgIpc) is 2.51. The SMILES string of the molecule is C=CCS(=O)(=O)NCC(O)(CC)c1ccc(F)c(OCC(C)C)c1. The molecule has 0 aliphatic heterocycles. The molecule has 24 heavy (non-hydrogen) atoms. The van der Waals surface area contributed by atoms with Crippen molar-refractivity contribution in [1.29, 1.82) is 0 Å². The van der Waals surface area contributed by atoms with Crippen LogP contribution in [0.5, 0.6) is 5.75 Å². The van der Waals surface area contributed by atoms with E-state index in [9.17, 15) is 17.9 Å². The minimum atomic E-state index is -3.56. The quantitative estimate of drug-likeness (QED) is 0.630. The monoisotopic (exact) mass is 359 g/mol. The van der Waals surface area contributed by atoms with Crippen LogP contribution in [0.15, 0.2) is 30.9 Å². The molecular weight excluding hydrogens is 333 g/mol. The molecule has 0 fully saturated rings. The van der Waals surface area contributed by atoms with Crippen molar-refractivity contribution in [2.45, 2.75) is 32.8 Å². The molecule has 1 unspecified atom stereocenters. The van der Waals surface area contributed by atoms with Crippen LogP contribution in [0.4, 0.5) is 4.39 Å². The van der Waals surface area contributed by atoms with E-state index in [0.717, 1.165) is 0 Å². The summed E-state index contributed by atoms with van der Waals surface area (Å²) in [6, 6.07) is 4.07. The fraction of sp³-hybridized carbons (Fsp3) is 0.529. The number of nitrogens with one attached hydrogen (secondary N) is 1. The van der Waals surface area contributed by atoms with E-state index in [1.54, 1.807) is 6.92 Å². The van der Waals surface area contributed by atoms with Gasteiger partial charge in [0.15, 0.2) is 11.6 Å². The Morgan fingerprint density at radius 2 is 2.12 bits per heavy atom. The third kappa shape index (κ3) is 5.89. The van der Waals surface area contributed by atoms with Crippen LogP contribution in [0.3, 0.4) is 0 Å². The van der Waals surface area contributed by atoms with E-state index >= 15 is 0 Å². The number of aliphatic hydroxyl groups is 1. The predicted molar refractivity (Wildman–Crippen MR) is 92.9 cm³/mol. The molecule has 2 N–H and O–H groups in total. The zero-order chi connectivity index (χ0) is 18.4. The van der Waals surface area contributed by atoms with E-state index < -0.39 is 21.4 Å². The van der Waals surface area contributed by atoms with E-state index in [1.807, 2.05) is 13.8 Å². The summed E-state index contributed by atoms with van der Waals surface area (Å²) < 4.78 is 45.1. The molecule has 1 aromatic carbocycles. The lowest BCUT2D eigenvalue weighted by atomic mass is 9.91. The van der Waals surface area contributed by atoms with Gasteiger partial charge >= 0.3 is 0 Å². The summed E-state index contributed by atoms with van der Waals surface area (Å²) in [4.78, 5) is 0. The van der Waals surface area contributed by atoms with Crippen LogP contribution in [0.25, 0.3) is 0 Å². The molecule has 0 heterocycles. The van der Waals surface area contributed by atoms with Crippen molar-refractivity contribution in [2.24, 2.45) is 5.92 Å². The van der Waals surface area contributed by atoms with Crippen LogP contribution >= 0.6 is 0 Å². The number of hydrogen-bond donors (Lipinski definition) is 2. The highest BCUT2D eigenvalue weighted by Gasteiger charge is 2.30. The maximum atomic E-state index is 13.9. The van der Waals surface area contributed by atoms with Gasteiger partial charge in [0, 0.05) is 6.54 Å². The summed E-state index contributed by atoms with van der Waals surface area (Å²) in [5.41, 5.74) is -1.07. The molecular formula is C17H26FNO4S. The van der Waals surface area contributed by atoms with Crippen LogP contribution in [-0.4, -0.2) is 32.4 Å². The third-order valence-corrected chi connectivity index (χ3v) is 4.81. The summed E-state index contributed by atoms with van der Waals surface area (Å²) in [6.45, 7) is 9.12. The number of hydrogen-bond acceptors (Lipinski definition) is 4. The van der Waals surface area contributed by atoms with Gasteiger partial charge in [0.25, 0.3) is 0 Å². The Kier molecular flexibility index (Phi) is 7.38. The number of rotatable bonds is 10. The van der Waals surface area contributed by atoms with Gasteiger partial charge in [-0.2, -0.15) is 0 Å². The van der Waals surface area contributed by atoms with Crippen molar-refractivity contribution in [1.82, 2.24) is 4.72 Å². The van der Waals surface area contributed by atoms with Crippen molar-refractivity contribution < 1.29 is 22.7 Å². The van der Waals surface area contributed by atoms with Gasteiger partial charge in [0.05, 0.1) is 12.4 Å². The third-order valence-electron chi connectivity index (χ3n) is 3.55. The molecule has 0 saturated heterocycles. The Morgan fingerprint density at radius 1 is 1.46 bits per heavy atom. The van der Waals surface area contributed by atoms with Gasteiger partial charge in [-0.15, -0.1) is 6.58 Å². The summed E-state index contributed by atoms with van der Waals surface area (Å²) in [6.07, 6.45) is 1.52. The molecule has 1 atom stereocenters. The summed E-state index contributed by atoms with van der Waals surface area (Å²) >= 11 is 0. The van der Waals surface area contributed by atoms with Gasteiger partial charge < -0.3 is 9.84 Å². The van der Waals surface area contributed by atoms with Crippen molar-refractivity contribution in [3.8, 4) is 5.75 Å². The second-order valence-corrected chi connectivity index (χ2v) is 7.98. The minimum Gasteiger partial charge on any atom is -0.490 e. The molecule has 0 aliphatic carbocycles. The van der Waals surface area contributed by atoms with Crippen molar-refractivity contribution in [3.63, 3.8) is 0 Å². The number of sulfonamides is 1. The molecule has 0 bridgehead atoms. The van der Waals surface area contributed by atoms with Crippen molar-refractivity contribution in [2.75, 3.05) is 18.9 Å². The maximum Gasteiger partial charge on any atom is 0.215 e. The van der Waals surface area contributed by atoms with Crippen molar-refractivity contribution >= 4 is 10.0 Å². The Hall–Kier alpha value is -1.44. The lowest BCUT2D eigenvalue weighted by Gasteiger charge is -2.28. The average molecular weight is 359 g/mol. The van der Waals surface area contributed by atoms with Gasteiger partial charge in [0.1, 0.15) is 5.60 Å². The Labute approximate surface area is 143 Å². The van der Waals surface area contributed by atoms with Crippen LogP contribution in [0, 0.1) is 11.7 Å². The van der Waals surface area contributed by atoms with E-state index in [1.165, 1.54) is 24.3 Å². The molecule has 5 nitrogen and oxygen atoms in total. The summed E-state index contributed by atoms with van der Waals surface area (Å²) in [5.74, 6) is -0.491. The fourth-order valence-corrected chi connectivity index (χ4v) is 2.92. The number of benzene rings is 1. The van der Waals surface area contributed by atoms with E-state index in [2.05, 4.69) is 11.3 Å². The van der Waals surface area contributed by atoms with Crippen molar-refractivity contribution in [3.05, 3.63) is 42.2 Å². The second kappa shape index (κ2) is 8.60. The first-order valence-corrected chi connectivity index (χ1v) is 9.52. The van der Waals surface area contributed by atoms with Gasteiger partial charge in [0.2, 0.25) is 10.0 Å². The van der Waals surface area contributed by atoms with E-state index in [-0.39, 0.29) is 30.4 Å². The van der Waals surface area contributed by atoms with E-state index in [0.29, 0.717) is 12.2 Å². The lowest BCUT2D eigenvalue weighted by Crippen LogP contribution is -2.41. The number of halogens is 1. The van der Waals surface area contributed by atoms with Crippen LogP contribution in [-0.2, 0) is 15.6 Å². The van der Waals surface area contributed by atoms with Gasteiger partial charge in [-0.3, -0.25) is 0 Å². The highest BCUT2D eigenvalue weighted by atomic mass is 32.2. The first kappa shape index (κ1) is 20.6. The van der Waals surface area contributed by atoms with Crippen LogP contribution < -0.4 is 9.46 Å². The lowest BCUT2D eigenvalue weighted by molar-refractivity contribution is 0.0376. The highest BCUT2D eigenvalue weighted by molar-refractivity contribution is 7.89. The largest absolute Gasteiger partial charge is 0.490 e. The molecule has 1 aromatic rings. The fourth-order valence-electron chi connectivity index (χ4n) is 2.03. The minimum absolute atomic E-state index is 0.0435. The van der Waals surface area contributed by atoms with Crippen LogP contribution in [0.1, 0.15) is 32.8 Å². The molecule has 0 amide bonds. The smallest absolute Gasteiger partial charge is 0.215 e. The van der Waals surface area contributed by atoms with Crippen LogP contribution in [0.2, 0.25) is 0 Å². The molecule has 0 aromatic heterocycles. The van der Waals surface area contributed by atoms with Gasteiger partial charge in [-0.05, 0) is 30.0 Å². The summed E-state index contributed by atoms with van der Waals surface area (Å²) in [7, 11) is -3.56. The molecule has 0 saturated carbocycles.